The van der Waals surface area contributed by atoms with Gasteiger partial charge in [0, 0.05) is 11.4 Å². The average molecular weight is 393 g/mol. The third-order valence-corrected chi connectivity index (χ3v) is 4.14. The minimum absolute atomic E-state index is 0.139. The maximum absolute atomic E-state index is 12.0. The standard InChI is InChI=1S/C20H22Cl2N2O2/c1-2-7-18(15-8-4-3-5-9-15)23-24-20(25)10-6-13-26-19-12-11-16(21)14-17(19)22/h3-5,8-9,11-12,14H,2,6-7,10,13H2,1H3,(H,24,25)/b23-18+. The molecule has 2 aromatic carbocycles. The molecule has 0 unspecified atom stereocenters. The van der Waals surface area contributed by atoms with Gasteiger partial charge in [0.25, 0.3) is 0 Å². The summed E-state index contributed by atoms with van der Waals surface area (Å²) in [4.78, 5) is 12.0. The number of amides is 1. The predicted octanol–water partition coefficient (Wildman–Crippen LogP) is 5.47. The van der Waals surface area contributed by atoms with Crippen molar-refractivity contribution in [2.45, 2.75) is 32.6 Å². The average Bonchev–Trinajstić information content (AvgIpc) is 2.64. The Bertz CT molecular complexity index is 749. The lowest BCUT2D eigenvalue weighted by atomic mass is 10.1. The van der Waals surface area contributed by atoms with Gasteiger partial charge >= 0.3 is 0 Å². The number of nitrogens with one attached hydrogen (secondary N) is 1. The largest absolute Gasteiger partial charge is 0.492 e. The summed E-state index contributed by atoms with van der Waals surface area (Å²) in [5.41, 5.74) is 4.54. The van der Waals surface area contributed by atoms with Crippen LogP contribution >= 0.6 is 23.2 Å². The number of hydrogen-bond donors (Lipinski definition) is 1. The molecule has 0 saturated heterocycles. The summed E-state index contributed by atoms with van der Waals surface area (Å²) in [7, 11) is 0. The lowest BCUT2D eigenvalue weighted by Crippen LogP contribution is -2.20. The first-order chi connectivity index (χ1) is 12.6. The second-order valence-corrected chi connectivity index (χ2v) is 6.58. The summed E-state index contributed by atoms with van der Waals surface area (Å²) in [6, 6.07) is 14.9. The van der Waals surface area contributed by atoms with E-state index in [0.717, 1.165) is 24.1 Å². The van der Waals surface area contributed by atoms with E-state index in [4.69, 9.17) is 27.9 Å². The molecule has 6 heteroatoms. The van der Waals surface area contributed by atoms with Crippen LogP contribution in [0.25, 0.3) is 0 Å². The van der Waals surface area contributed by atoms with E-state index in [1.807, 2.05) is 30.3 Å². The fraction of sp³-hybridized carbons (Fsp3) is 0.300. The molecular formula is C20H22Cl2N2O2. The summed E-state index contributed by atoms with van der Waals surface area (Å²) < 4.78 is 5.57. The van der Waals surface area contributed by atoms with Gasteiger partial charge in [-0.05, 0) is 36.6 Å². The van der Waals surface area contributed by atoms with Crippen LogP contribution in [0.5, 0.6) is 5.75 Å². The topological polar surface area (TPSA) is 50.7 Å². The first-order valence-corrected chi connectivity index (χ1v) is 9.34. The van der Waals surface area contributed by atoms with Crippen LogP contribution in [0.2, 0.25) is 10.0 Å². The Labute approximate surface area is 164 Å². The molecule has 1 amide bonds. The zero-order valence-electron chi connectivity index (χ0n) is 14.7. The van der Waals surface area contributed by atoms with Gasteiger partial charge < -0.3 is 4.74 Å². The minimum Gasteiger partial charge on any atom is -0.492 e. The number of ether oxygens (including phenoxy) is 1. The van der Waals surface area contributed by atoms with Gasteiger partial charge in [-0.1, -0.05) is 66.9 Å². The fourth-order valence-corrected chi connectivity index (χ4v) is 2.79. The number of benzene rings is 2. The van der Waals surface area contributed by atoms with Crippen molar-refractivity contribution in [3.63, 3.8) is 0 Å². The SMILES string of the molecule is CCC/C(=N\NC(=O)CCCOc1ccc(Cl)cc1Cl)c1ccccc1. The minimum atomic E-state index is -0.139. The molecule has 0 aliphatic rings. The third kappa shape index (κ3) is 6.70. The van der Waals surface area contributed by atoms with Crippen molar-refractivity contribution in [3.8, 4) is 5.75 Å². The van der Waals surface area contributed by atoms with Gasteiger partial charge in [0.15, 0.2) is 0 Å². The van der Waals surface area contributed by atoms with Crippen LogP contribution in [0.1, 0.15) is 38.2 Å². The Morgan fingerprint density at radius 1 is 1.12 bits per heavy atom. The third-order valence-electron chi connectivity index (χ3n) is 3.61. The highest BCUT2D eigenvalue weighted by Gasteiger charge is 2.06. The zero-order chi connectivity index (χ0) is 18.8. The summed E-state index contributed by atoms with van der Waals surface area (Å²) in [5.74, 6) is 0.421. The van der Waals surface area contributed by atoms with Gasteiger partial charge in [-0.3, -0.25) is 4.79 Å². The lowest BCUT2D eigenvalue weighted by molar-refractivity contribution is -0.121. The molecule has 2 rings (SSSR count). The van der Waals surface area contributed by atoms with Gasteiger partial charge in [-0.15, -0.1) is 0 Å². The summed E-state index contributed by atoms with van der Waals surface area (Å²) in [6.45, 7) is 2.47. The quantitative estimate of drug-likeness (QED) is 0.349. The number of carbonyl (C=O) groups is 1. The van der Waals surface area contributed by atoms with Crippen molar-refractivity contribution in [2.24, 2.45) is 5.10 Å². The molecule has 2 aromatic rings. The van der Waals surface area contributed by atoms with Crippen molar-refractivity contribution < 1.29 is 9.53 Å². The number of nitrogens with zero attached hydrogens (tertiary/aromatic N) is 1. The maximum atomic E-state index is 12.0. The second kappa shape index (κ2) is 10.8. The van der Waals surface area contributed by atoms with Crippen LogP contribution in [-0.4, -0.2) is 18.2 Å². The lowest BCUT2D eigenvalue weighted by Gasteiger charge is -2.08. The van der Waals surface area contributed by atoms with Crippen molar-refractivity contribution in [2.75, 3.05) is 6.61 Å². The Kier molecular flexibility index (Phi) is 8.45. The number of rotatable bonds is 9. The van der Waals surface area contributed by atoms with Gasteiger partial charge in [-0.25, -0.2) is 5.43 Å². The Balaban J connectivity index is 1.78. The van der Waals surface area contributed by atoms with Gasteiger partial charge in [0.05, 0.1) is 17.3 Å². The summed E-state index contributed by atoms with van der Waals surface area (Å²) >= 11 is 11.9. The molecule has 0 aromatic heterocycles. The number of carbonyl (C=O) groups excluding carboxylic acids is 1. The molecule has 4 nitrogen and oxygen atoms in total. The van der Waals surface area contributed by atoms with Crippen LogP contribution in [0.15, 0.2) is 53.6 Å². The zero-order valence-corrected chi connectivity index (χ0v) is 16.2. The van der Waals surface area contributed by atoms with Gasteiger partial charge in [0.2, 0.25) is 5.91 Å². The van der Waals surface area contributed by atoms with Gasteiger partial charge in [-0.2, -0.15) is 5.10 Å². The Morgan fingerprint density at radius 2 is 1.88 bits per heavy atom. The smallest absolute Gasteiger partial charge is 0.240 e. The van der Waals surface area contributed by atoms with Crippen molar-refractivity contribution in [3.05, 3.63) is 64.1 Å². The first-order valence-electron chi connectivity index (χ1n) is 8.59. The molecule has 0 heterocycles. The molecule has 0 aliphatic carbocycles. The van der Waals surface area contributed by atoms with Crippen LogP contribution in [0.3, 0.4) is 0 Å². The van der Waals surface area contributed by atoms with Crippen LogP contribution in [0.4, 0.5) is 0 Å². The van der Waals surface area contributed by atoms with E-state index >= 15 is 0 Å². The molecule has 0 radical (unpaired) electrons. The molecular weight excluding hydrogens is 371 g/mol. The summed E-state index contributed by atoms with van der Waals surface area (Å²) in [5, 5.41) is 5.30. The van der Waals surface area contributed by atoms with E-state index in [1.165, 1.54) is 0 Å². The molecule has 26 heavy (non-hydrogen) atoms. The number of hydrogen-bond acceptors (Lipinski definition) is 3. The highest BCUT2D eigenvalue weighted by molar-refractivity contribution is 6.35. The molecule has 0 bridgehead atoms. The highest BCUT2D eigenvalue weighted by atomic mass is 35.5. The molecule has 0 fully saturated rings. The predicted molar refractivity (Wildman–Crippen MR) is 107 cm³/mol. The molecule has 1 N–H and O–H groups in total. The highest BCUT2D eigenvalue weighted by Crippen LogP contribution is 2.27. The first kappa shape index (κ1) is 20.3. The second-order valence-electron chi connectivity index (χ2n) is 5.74. The van der Waals surface area contributed by atoms with Crippen LogP contribution in [-0.2, 0) is 4.79 Å². The number of hydrazone groups is 1. The fourth-order valence-electron chi connectivity index (χ4n) is 2.32. The number of halogens is 2. The van der Waals surface area contributed by atoms with E-state index in [9.17, 15) is 4.79 Å². The Morgan fingerprint density at radius 3 is 2.58 bits per heavy atom. The molecule has 0 saturated carbocycles. The van der Waals surface area contributed by atoms with Crippen molar-refractivity contribution >= 4 is 34.8 Å². The molecule has 0 aliphatic heterocycles. The van der Waals surface area contributed by atoms with Crippen LogP contribution < -0.4 is 10.2 Å². The summed E-state index contributed by atoms with van der Waals surface area (Å²) in [6.07, 6.45) is 2.65. The normalized spacial score (nSPS) is 11.3. The molecule has 0 spiro atoms. The Hall–Kier alpha value is -2.04. The van der Waals surface area contributed by atoms with Crippen molar-refractivity contribution in [1.82, 2.24) is 5.43 Å². The monoisotopic (exact) mass is 392 g/mol. The van der Waals surface area contributed by atoms with E-state index < -0.39 is 0 Å². The van der Waals surface area contributed by atoms with E-state index in [0.29, 0.717) is 35.2 Å². The van der Waals surface area contributed by atoms with E-state index in [-0.39, 0.29) is 5.91 Å². The van der Waals surface area contributed by atoms with Crippen molar-refractivity contribution in [1.29, 1.82) is 0 Å². The molecule has 138 valence electrons. The maximum Gasteiger partial charge on any atom is 0.240 e. The van der Waals surface area contributed by atoms with Crippen LogP contribution in [0, 0.1) is 0 Å². The molecule has 0 atom stereocenters. The van der Waals surface area contributed by atoms with E-state index in [1.54, 1.807) is 18.2 Å². The van der Waals surface area contributed by atoms with Gasteiger partial charge in [0.1, 0.15) is 5.75 Å². The van der Waals surface area contributed by atoms with E-state index in [2.05, 4.69) is 17.5 Å².